The number of nitrogens with one attached hydrogen (secondary N) is 2. The third kappa shape index (κ3) is 6.62. The predicted octanol–water partition coefficient (Wildman–Crippen LogP) is 1.15. The highest BCUT2D eigenvalue weighted by Gasteiger charge is 2.54. The molecule has 2 unspecified atom stereocenters. The van der Waals surface area contributed by atoms with Gasteiger partial charge in [-0.3, -0.25) is 24.6 Å². The summed E-state index contributed by atoms with van der Waals surface area (Å²) in [5, 5.41) is 27.4. The number of aromatic nitrogens is 5. The second kappa shape index (κ2) is 12.4. The molecule has 0 aliphatic carbocycles. The van der Waals surface area contributed by atoms with Gasteiger partial charge in [-0.2, -0.15) is 0 Å². The highest BCUT2D eigenvalue weighted by molar-refractivity contribution is 8.01. The number of thioether (sulfide) groups is 2. The summed E-state index contributed by atoms with van der Waals surface area (Å²) in [7, 11) is 1.65. The molecule has 16 nitrogen and oxygen atoms in total. The van der Waals surface area contributed by atoms with Gasteiger partial charge in [-0.15, -0.1) is 28.2 Å². The number of tetrazole rings is 1. The van der Waals surface area contributed by atoms with Crippen molar-refractivity contribution in [1.82, 2.24) is 35.4 Å². The van der Waals surface area contributed by atoms with Crippen molar-refractivity contribution in [2.45, 2.75) is 55.5 Å². The van der Waals surface area contributed by atoms with Crippen molar-refractivity contribution >= 4 is 70.3 Å². The molecule has 0 aromatic carbocycles. The molecule has 2 aromatic rings. The third-order valence-electron chi connectivity index (χ3n) is 6.15. The molecule has 2 aliphatic heterocycles. The van der Waals surface area contributed by atoms with Crippen LogP contribution in [0.15, 0.2) is 21.8 Å². The summed E-state index contributed by atoms with van der Waals surface area (Å²) in [6, 6.07) is -1.06. The first-order chi connectivity index (χ1) is 19.5. The Bertz CT molecular complexity index is 1390. The number of thiazole rings is 1. The number of carbonyl (C=O) groups is 5. The van der Waals surface area contributed by atoms with Crippen molar-refractivity contribution in [3.05, 3.63) is 22.3 Å². The van der Waals surface area contributed by atoms with Crippen LogP contribution in [0.5, 0.6) is 0 Å². The summed E-state index contributed by atoms with van der Waals surface area (Å²) < 4.78 is 11.7. The second-order valence-electron chi connectivity index (χ2n) is 9.34. The number of rotatable bonds is 12. The molecule has 3 atom stereocenters. The molecule has 19 heteroatoms. The monoisotopic (exact) mass is 626 g/mol. The molecule has 0 radical (unpaired) electrons. The Morgan fingerprint density at radius 3 is 2.76 bits per heavy atom. The number of aryl methyl sites for hydroxylation is 1. The van der Waals surface area contributed by atoms with Gasteiger partial charge in [-0.05, 0) is 36.3 Å². The number of carbonyl (C=O) groups excluding carboxylic acids is 4. The van der Waals surface area contributed by atoms with Crippen molar-refractivity contribution in [1.29, 1.82) is 0 Å². The molecule has 2 aromatic heterocycles. The Morgan fingerprint density at radius 2 is 2.12 bits per heavy atom. The smallest absolute Gasteiger partial charge is 0.413 e. The molecule has 3 amide bonds. The van der Waals surface area contributed by atoms with E-state index < -0.39 is 47.0 Å². The molecular formula is C22H26N8O8S3. The van der Waals surface area contributed by atoms with Crippen LogP contribution in [0.3, 0.4) is 0 Å². The molecule has 4 rings (SSSR count). The van der Waals surface area contributed by atoms with Crippen LogP contribution in [0.2, 0.25) is 0 Å². The van der Waals surface area contributed by atoms with Crippen LogP contribution < -0.4 is 10.6 Å². The minimum absolute atomic E-state index is 0.0215. The number of β-lactam (4-membered cyclic amide) rings is 1. The van der Waals surface area contributed by atoms with E-state index in [9.17, 15) is 29.1 Å². The van der Waals surface area contributed by atoms with Gasteiger partial charge in [0.2, 0.25) is 11.3 Å². The molecule has 41 heavy (non-hydrogen) atoms. The van der Waals surface area contributed by atoms with E-state index in [2.05, 4.69) is 31.1 Å². The first-order valence-corrected chi connectivity index (χ1v) is 15.0. The Hall–Kier alpha value is -3.71. The molecule has 2 aliphatic rings. The Kier molecular flexibility index (Phi) is 9.17. The second-order valence-corrected chi connectivity index (χ2v) is 12.3. The molecular weight excluding hydrogens is 600 g/mol. The summed E-state index contributed by atoms with van der Waals surface area (Å²) in [5.74, 6) is -2.19. The minimum atomic E-state index is -1.51. The van der Waals surface area contributed by atoms with Gasteiger partial charge < -0.3 is 19.9 Å². The maximum atomic E-state index is 13.1. The van der Waals surface area contributed by atoms with Crippen LogP contribution in [0.4, 0.5) is 9.93 Å². The van der Waals surface area contributed by atoms with Crippen molar-refractivity contribution in [2.24, 2.45) is 7.05 Å². The van der Waals surface area contributed by atoms with Crippen LogP contribution in [-0.2, 0) is 35.7 Å². The van der Waals surface area contributed by atoms with Gasteiger partial charge >= 0.3 is 12.1 Å². The number of anilines is 1. The normalized spacial score (nSPS) is 19.1. The predicted molar refractivity (Wildman–Crippen MR) is 146 cm³/mol. The number of carboxylic acids is 1. The van der Waals surface area contributed by atoms with Crippen LogP contribution in [0.25, 0.3) is 0 Å². The molecule has 0 saturated carbocycles. The first kappa shape index (κ1) is 30.3. The Morgan fingerprint density at radius 1 is 1.37 bits per heavy atom. The number of hydrogen-bond donors (Lipinski definition) is 3. The zero-order chi connectivity index (χ0) is 29.9. The molecule has 3 N–H and O–H groups in total. The quantitative estimate of drug-likeness (QED) is 0.172. The largest absolute Gasteiger partial charge is 0.477 e. The number of hydrogen-bond acceptors (Lipinski definition) is 14. The fourth-order valence-electron chi connectivity index (χ4n) is 3.74. The van der Waals surface area contributed by atoms with Gasteiger partial charge in [0.25, 0.3) is 18.3 Å². The summed E-state index contributed by atoms with van der Waals surface area (Å²) >= 11 is 3.50. The van der Waals surface area contributed by atoms with E-state index in [4.69, 9.17) is 9.47 Å². The number of amides is 3. The van der Waals surface area contributed by atoms with E-state index in [0.717, 1.165) is 16.2 Å². The molecule has 0 bridgehead atoms. The molecule has 1 saturated heterocycles. The number of ether oxygens (including phenoxy) is 2. The van der Waals surface area contributed by atoms with E-state index in [1.54, 1.807) is 20.9 Å². The highest BCUT2D eigenvalue weighted by atomic mass is 32.2. The van der Waals surface area contributed by atoms with Crippen LogP contribution >= 0.6 is 34.9 Å². The maximum Gasteiger partial charge on any atom is 0.413 e. The van der Waals surface area contributed by atoms with E-state index in [1.165, 1.54) is 33.6 Å². The molecule has 4 heterocycles. The fraction of sp³-hybridized carbons (Fsp3) is 0.500. The summed E-state index contributed by atoms with van der Waals surface area (Å²) in [4.78, 5) is 66.8. The van der Waals surface area contributed by atoms with Crippen molar-refractivity contribution < 1.29 is 38.6 Å². The van der Waals surface area contributed by atoms with Gasteiger partial charge in [-0.1, -0.05) is 18.7 Å². The van der Waals surface area contributed by atoms with E-state index in [1.807, 2.05) is 6.92 Å². The lowest BCUT2D eigenvalue weighted by Crippen LogP contribution is -2.71. The molecule has 220 valence electrons. The van der Waals surface area contributed by atoms with Crippen LogP contribution in [0, 0.1) is 0 Å². The van der Waals surface area contributed by atoms with Gasteiger partial charge in [0.1, 0.15) is 28.4 Å². The highest BCUT2D eigenvalue weighted by Crippen LogP contribution is 2.41. The zero-order valence-electron chi connectivity index (χ0n) is 22.2. The van der Waals surface area contributed by atoms with Gasteiger partial charge in [0.15, 0.2) is 5.13 Å². The van der Waals surface area contributed by atoms with Crippen LogP contribution in [0.1, 0.15) is 39.0 Å². The standard InChI is InChI=1S/C22H26N8O8S3/c1-5-22(2,3)38-21(36)25-19-23-11(8-40-19)14(37-9-31)15(32)24-12-16(33)30-13(18(34)35)10(6-39-17(12)30)7-41-20-26-27-28-29(20)4/h8-9,12,14,17H,5-7H2,1-4H3,(H,24,32)(H,34,35)(H,23,25,36)/t12?,14?,17-/m1/s1. The summed E-state index contributed by atoms with van der Waals surface area (Å²) in [5.41, 5.74) is -0.318. The number of nitrogens with zero attached hydrogens (tertiary/aromatic N) is 6. The topological polar surface area (TPSA) is 208 Å². The number of aliphatic carboxylic acids is 1. The van der Waals surface area contributed by atoms with Crippen molar-refractivity contribution in [3.63, 3.8) is 0 Å². The average Bonchev–Trinajstić information content (AvgIpc) is 3.56. The Balaban J connectivity index is 1.42. The van der Waals surface area contributed by atoms with E-state index in [0.29, 0.717) is 22.9 Å². The number of carboxylic acid groups (broad SMARTS) is 1. The average molecular weight is 627 g/mol. The fourth-order valence-corrected chi connectivity index (χ4v) is 6.78. The Labute approximate surface area is 245 Å². The number of fused-ring (bicyclic) bond motifs is 1. The lowest BCUT2D eigenvalue weighted by Gasteiger charge is -2.49. The maximum absolute atomic E-state index is 13.1. The lowest BCUT2D eigenvalue weighted by molar-refractivity contribution is -0.154. The van der Waals surface area contributed by atoms with Crippen molar-refractivity contribution in [3.8, 4) is 0 Å². The van der Waals surface area contributed by atoms with Gasteiger partial charge in [-0.25, -0.2) is 19.3 Å². The minimum Gasteiger partial charge on any atom is -0.477 e. The van der Waals surface area contributed by atoms with Gasteiger partial charge in [0.05, 0.1) is 0 Å². The summed E-state index contributed by atoms with van der Waals surface area (Å²) in [6.45, 7) is 5.43. The lowest BCUT2D eigenvalue weighted by atomic mass is 10.0. The third-order valence-corrected chi connectivity index (χ3v) is 9.37. The zero-order valence-corrected chi connectivity index (χ0v) is 24.7. The SMILES string of the molecule is CCC(C)(C)OC(=O)Nc1nc(C(OC=O)C(=O)NC2C(=O)N3C(C(=O)O)=C(CSc4nnnn4C)CS[C@H]23)cs1. The first-order valence-electron chi connectivity index (χ1n) is 12.1. The van der Waals surface area contributed by atoms with Gasteiger partial charge in [0, 0.05) is 23.9 Å². The van der Waals surface area contributed by atoms with Crippen LogP contribution in [-0.4, -0.2) is 94.1 Å². The molecule has 0 spiro atoms. The summed E-state index contributed by atoms with van der Waals surface area (Å²) in [6.07, 6.45) is -1.67. The van der Waals surface area contributed by atoms with E-state index >= 15 is 0 Å². The molecule has 1 fully saturated rings. The van der Waals surface area contributed by atoms with Crippen molar-refractivity contribution in [2.75, 3.05) is 16.8 Å². The van der Waals surface area contributed by atoms with E-state index in [-0.39, 0.29) is 28.7 Å².